The van der Waals surface area contributed by atoms with E-state index in [9.17, 15) is 9.59 Å². The summed E-state index contributed by atoms with van der Waals surface area (Å²) in [7, 11) is 0. The Balaban J connectivity index is 2.07. The first-order chi connectivity index (χ1) is 10.5. The van der Waals surface area contributed by atoms with Gasteiger partial charge in [-0.15, -0.1) is 11.8 Å². The van der Waals surface area contributed by atoms with Gasteiger partial charge in [0.2, 0.25) is 11.8 Å². The van der Waals surface area contributed by atoms with Crippen LogP contribution in [0.3, 0.4) is 0 Å². The molecule has 1 aliphatic heterocycles. The number of amides is 2. The number of nitrogens with zero attached hydrogens (tertiary/aromatic N) is 1. The molecule has 120 valence electrons. The zero-order valence-corrected chi connectivity index (χ0v) is 14.3. The van der Waals surface area contributed by atoms with Gasteiger partial charge < -0.3 is 10.2 Å². The number of carbonyl (C=O) groups is 2. The van der Waals surface area contributed by atoms with E-state index in [0.29, 0.717) is 12.5 Å². The van der Waals surface area contributed by atoms with Crippen LogP contribution in [0, 0.1) is 5.92 Å². The van der Waals surface area contributed by atoms with Crippen molar-refractivity contribution in [3.8, 4) is 0 Å². The Labute approximate surface area is 136 Å². The van der Waals surface area contributed by atoms with Crippen LogP contribution < -0.4 is 10.2 Å². The number of anilines is 1. The molecule has 1 heterocycles. The largest absolute Gasteiger partial charge is 0.355 e. The molecule has 0 saturated heterocycles. The second-order valence-corrected chi connectivity index (χ2v) is 7.18. The van der Waals surface area contributed by atoms with Crippen LogP contribution in [-0.4, -0.2) is 30.2 Å². The number of hydrogen-bond donors (Lipinski definition) is 1. The molecule has 4 nitrogen and oxygen atoms in total. The quantitative estimate of drug-likeness (QED) is 0.876. The molecule has 0 saturated carbocycles. The molecule has 2 rings (SSSR count). The third-order valence-electron chi connectivity index (χ3n) is 3.68. The monoisotopic (exact) mass is 320 g/mol. The topological polar surface area (TPSA) is 49.4 Å². The molecular formula is C17H24N2O2S. The molecule has 5 heteroatoms. The van der Waals surface area contributed by atoms with Crippen molar-refractivity contribution >= 4 is 29.3 Å². The maximum Gasteiger partial charge on any atom is 0.240 e. The number of thioether (sulfide) groups is 1. The molecule has 0 bridgehead atoms. The first-order valence-electron chi connectivity index (χ1n) is 7.86. The highest BCUT2D eigenvalue weighted by Crippen LogP contribution is 2.39. The fraction of sp³-hybridized carbons (Fsp3) is 0.529. The lowest BCUT2D eigenvalue weighted by Crippen LogP contribution is -2.46. The summed E-state index contributed by atoms with van der Waals surface area (Å²) in [4.78, 5) is 27.4. The van der Waals surface area contributed by atoms with Gasteiger partial charge in [0.15, 0.2) is 0 Å². The van der Waals surface area contributed by atoms with Gasteiger partial charge in [0.1, 0.15) is 6.54 Å². The molecule has 1 atom stereocenters. The van der Waals surface area contributed by atoms with Crippen LogP contribution >= 0.6 is 11.8 Å². The Morgan fingerprint density at radius 2 is 2.09 bits per heavy atom. The smallest absolute Gasteiger partial charge is 0.240 e. The maximum absolute atomic E-state index is 12.6. The fourth-order valence-electron chi connectivity index (χ4n) is 2.40. The first kappa shape index (κ1) is 16.9. The fourth-order valence-corrected chi connectivity index (χ4v) is 3.55. The lowest BCUT2D eigenvalue weighted by atomic mass is 10.1. The minimum absolute atomic E-state index is 0.0326. The summed E-state index contributed by atoms with van der Waals surface area (Å²) in [6, 6.07) is 7.80. The average molecular weight is 320 g/mol. The van der Waals surface area contributed by atoms with Crippen molar-refractivity contribution in [1.29, 1.82) is 0 Å². The van der Waals surface area contributed by atoms with Crippen LogP contribution in [0.25, 0.3) is 0 Å². The maximum atomic E-state index is 12.6. The molecule has 0 fully saturated rings. The molecule has 1 aliphatic rings. The van der Waals surface area contributed by atoms with Crippen LogP contribution in [0.15, 0.2) is 29.2 Å². The lowest BCUT2D eigenvalue weighted by molar-refractivity contribution is -0.123. The number of carbonyl (C=O) groups excluding carboxylic acids is 2. The molecular weight excluding hydrogens is 296 g/mol. The van der Waals surface area contributed by atoms with Crippen LogP contribution in [0.5, 0.6) is 0 Å². The Morgan fingerprint density at radius 1 is 1.36 bits per heavy atom. The van der Waals surface area contributed by atoms with E-state index < -0.39 is 0 Å². The van der Waals surface area contributed by atoms with Gasteiger partial charge in [-0.05, 0) is 30.9 Å². The molecule has 0 radical (unpaired) electrons. The van der Waals surface area contributed by atoms with Crippen molar-refractivity contribution in [2.75, 3.05) is 18.0 Å². The first-order valence-corrected chi connectivity index (χ1v) is 8.74. The molecule has 1 N–H and O–H groups in total. The molecule has 22 heavy (non-hydrogen) atoms. The third kappa shape index (κ3) is 4.03. The van der Waals surface area contributed by atoms with Crippen molar-refractivity contribution in [2.45, 2.75) is 43.8 Å². The Kier molecular flexibility index (Phi) is 5.89. The summed E-state index contributed by atoms with van der Waals surface area (Å²) in [6.07, 6.45) is 1.72. The van der Waals surface area contributed by atoms with E-state index in [2.05, 4.69) is 19.2 Å². The minimum Gasteiger partial charge on any atom is -0.355 e. The van der Waals surface area contributed by atoms with E-state index in [-0.39, 0.29) is 23.6 Å². The lowest BCUT2D eigenvalue weighted by Gasteiger charge is -2.32. The predicted octanol–water partition coefficient (Wildman–Crippen LogP) is 3.07. The van der Waals surface area contributed by atoms with Gasteiger partial charge in [-0.2, -0.15) is 0 Å². The van der Waals surface area contributed by atoms with E-state index in [4.69, 9.17) is 0 Å². The van der Waals surface area contributed by atoms with Gasteiger partial charge in [-0.25, -0.2) is 0 Å². The van der Waals surface area contributed by atoms with E-state index >= 15 is 0 Å². The number of hydrogen-bond acceptors (Lipinski definition) is 3. The number of para-hydroxylation sites is 1. The number of rotatable bonds is 6. The number of nitrogens with one attached hydrogen (secondary N) is 1. The summed E-state index contributed by atoms with van der Waals surface area (Å²) in [6.45, 7) is 7.01. The van der Waals surface area contributed by atoms with E-state index in [1.165, 1.54) is 0 Å². The summed E-state index contributed by atoms with van der Waals surface area (Å²) >= 11 is 1.59. The van der Waals surface area contributed by atoms with Crippen molar-refractivity contribution in [3.05, 3.63) is 24.3 Å². The Hall–Kier alpha value is -1.49. The summed E-state index contributed by atoms with van der Waals surface area (Å²) < 4.78 is 0. The summed E-state index contributed by atoms with van der Waals surface area (Å²) in [5.41, 5.74) is 0.848. The normalized spacial score (nSPS) is 17.5. The highest BCUT2D eigenvalue weighted by atomic mass is 32.2. The van der Waals surface area contributed by atoms with Crippen LogP contribution in [0.4, 0.5) is 5.69 Å². The van der Waals surface area contributed by atoms with Crippen LogP contribution in [0.1, 0.15) is 33.6 Å². The summed E-state index contributed by atoms with van der Waals surface area (Å²) in [5.74, 6) is 0.495. The zero-order valence-electron chi connectivity index (χ0n) is 13.5. The standard InChI is InChI=1S/C17H24N2O2S/c1-4-14-17(21)19(11-16(20)18-10-9-12(2)3)13-7-5-6-8-15(13)22-14/h5-8,12,14H,4,9-11H2,1-3H3,(H,18,20)/t14-/m1/s1. The molecule has 1 aromatic rings. The summed E-state index contributed by atoms with van der Waals surface area (Å²) in [5, 5.41) is 2.81. The molecule has 0 aromatic heterocycles. The predicted molar refractivity (Wildman–Crippen MR) is 91.2 cm³/mol. The van der Waals surface area contributed by atoms with Crippen LogP contribution in [-0.2, 0) is 9.59 Å². The van der Waals surface area contributed by atoms with Gasteiger partial charge >= 0.3 is 0 Å². The van der Waals surface area contributed by atoms with E-state index in [0.717, 1.165) is 23.4 Å². The second kappa shape index (κ2) is 7.68. The molecule has 0 spiro atoms. The SMILES string of the molecule is CC[C@H]1Sc2ccccc2N(CC(=O)NCCC(C)C)C1=O. The number of benzene rings is 1. The second-order valence-electron chi connectivity index (χ2n) is 5.94. The minimum atomic E-state index is -0.0987. The highest BCUT2D eigenvalue weighted by Gasteiger charge is 2.33. The van der Waals surface area contributed by atoms with Gasteiger partial charge in [-0.1, -0.05) is 32.9 Å². The average Bonchev–Trinajstić information content (AvgIpc) is 2.49. The van der Waals surface area contributed by atoms with Crippen molar-refractivity contribution in [1.82, 2.24) is 5.32 Å². The van der Waals surface area contributed by atoms with Crippen molar-refractivity contribution in [3.63, 3.8) is 0 Å². The van der Waals surface area contributed by atoms with Gasteiger partial charge in [0.05, 0.1) is 10.9 Å². The third-order valence-corrected chi connectivity index (χ3v) is 5.10. The van der Waals surface area contributed by atoms with Gasteiger partial charge in [0, 0.05) is 11.4 Å². The van der Waals surface area contributed by atoms with Gasteiger partial charge in [0.25, 0.3) is 0 Å². The Bertz CT molecular complexity index is 545. The molecule has 2 amide bonds. The molecule has 0 aliphatic carbocycles. The highest BCUT2D eigenvalue weighted by molar-refractivity contribution is 8.01. The van der Waals surface area contributed by atoms with Crippen LogP contribution in [0.2, 0.25) is 0 Å². The van der Waals surface area contributed by atoms with Crippen molar-refractivity contribution < 1.29 is 9.59 Å². The molecule has 0 unspecified atom stereocenters. The molecule has 1 aromatic carbocycles. The Morgan fingerprint density at radius 3 is 2.77 bits per heavy atom. The van der Waals surface area contributed by atoms with Crippen molar-refractivity contribution in [2.24, 2.45) is 5.92 Å². The van der Waals surface area contributed by atoms with E-state index in [1.807, 2.05) is 31.2 Å². The number of fused-ring (bicyclic) bond motifs is 1. The zero-order chi connectivity index (χ0) is 16.1. The van der Waals surface area contributed by atoms with Gasteiger partial charge in [-0.3, -0.25) is 9.59 Å². The van der Waals surface area contributed by atoms with E-state index in [1.54, 1.807) is 16.7 Å².